The molecule has 124 valence electrons. The molecule has 1 aromatic carbocycles. The molecule has 1 aliphatic rings. The molecule has 1 fully saturated rings. The molecule has 2 rings (SSSR count). The number of aliphatic hydroxyl groups excluding tert-OH is 1. The summed E-state index contributed by atoms with van der Waals surface area (Å²) in [5, 5.41) is 13.3. The molecule has 22 heavy (non-hydrogen) atoms. The molecule has 1 heterocycles. The smallest absolute Gasteiger partial charge is 0.131 e. The van der Waals surface area contributed by atoms with Crippen LogP contribution < -0.4 is 5.32 Å². The minimum atomic E-state index is -1.16. The van der Waals surface area contributed by atoms with Gasteiger partial charge in [-0.3, -0.25) is 0 Å². The van der Waals surface area contributed by atoms with Gasteiger partial charge in [-0.2, -0.15) is 0 Å². The minimum absolute atomic E-state index is 0.173. The minimum Gasteiger partial charge on any atom is -0.387 e. The van der Waals surface area contributed by atoms with Crippen LogP contribution in [0, 0.1) is 17.6 Å². The summed E-state index contributed by atoms with van der Waals surface area (Å²) in [5.74, 6) is -0.725. The Labute approximate surface area is 131 Å². The predicted molar refractivity (Wildman–Crippen MR) is 83.6 cm³/mol. The molecule has 0 spiro atoms. The second-order valence-corrected chi connectivity index (χ2v) is 6.53. The second-order valence-electron chi connectivity index (χ2n) is 6.53. The van der Waals surface area contributed by atoms with Crippen molar-refractivity contribution in [2.24, 2.45) is 5.92 Å². The van der Waals surface area contributed by atoms with Crippen LogP contribution in [0.4, 0.5) is 8.78 Å². The summed E-state index contributed by atoms with van der Waals surface area (Å²) in [6, 6.07) is 3.95. The summed E-state index contributed by atoms with van der Waals surface area (Å²) in [7, 11) is 0. The van der Waals surface area contributed by atoms with Crippen molar-refractivity contribution in [3.8, 4) is 0 Å². The van der Waals surface area contributed by atoms with Gasteiger partial charge in [0.2, 0.25) is 0 Å². The van der Waals surface area contributed by atoms with E-state index < -0.39 is 17.7 Å². The zero-order chi connectivity index (χ0) is 16.1. The lowest BCUT2D eigenvalue weighted by molar-refractivity contribution is 0.141. The number of hydrogen-bond donors (Lipinski definition) is 2. The summed E-state index contributed by atoms with van der Waals surface area (Å²) in [6.07, 6.45) is 0.841. The fraction of sp³-hybridized carbons (Fsp3) is 0.647. The average molecular weight is 312 g/mol. The molecular weight excluding hydrogens is 286 g/mol. The first kappa shape index (κ1) is 17.3. The largest absolute Gasteiger partial charge is 0.387 e. The third-order valence-corrected chi connectivity index (χ3v) is 4.14. The first-order valence-corrected chi connectivity index (χ1v) is 8.05. The van der Waals surface area contributed by atoms with Gasteiger partial charge in [0.25, 0.3) is 0 Å². The van der Waals surface area contributed by atoms with E-state index in [0.29, 0.717) is 12.0 Å². The Kier molecular flexibility index (Phi) is 6.29. The molecule has 3 nitrogen and oxygen atoms in total. The molecule has 1 unspecified atom stereocenters. The Morgan fingerprint density at radius 2 is 1.82 bits per heavy atom. The van der Waals surface area contributed by atoms with Gasteiger partial charge in [0.1, 0.15) is 11.6 Å². The fourth-order valence-corrected chi connectivity index (χ4v) is 3.05. The van der Waals surface area contributed by atoms with Crippen molar-refractivity contribution >= 4 is 0 Å². The lowest BCUT2D eigenvalue weighted by Crippen LogP contribution is -2.44. The average Bonchev–Trinajstić information content (AvgIpc) is 2.46. The Hall–Kier alpha value is -1.04. The number of rotatable bonds is 6. The van der Waals surface area contributed by atoms with Crippen molar-refractivity contribution in [3.05, 3.63) is 35.4 Å². The highest BCUT2D eigenvalue weighted by atomic mass is 19.1. The van der Waals surface area contributed by atoms with E-state index in [1.54, 1.807) is 0 Å². The van der Waals surface area contributed by atoms with Crippen LogP contribution >= 0.6 is 0 Å². The quantitative estimate of drug-likeness (QED) is 0.848. The van der Waals surface area contributed by atoms with E-state index in [0.717, 1.165) is 32.5 Å². The summed E-state index contributed by atoms with van der Waals surface area (Å²) < 4.78 is 27.2. The molecule has 0 aromatic heterocycles. The molecule has 2 N–H and O–H groups in total. The number of halogens is 2. The first-order valence-electron chi connectivity index (χ1n) is 8.05. The number of likely N-dealkylation sites (tertiary alicyclic amines) is 1. The van der Waals surface area contributed by atoms with Gasteiger partial charge < -0.3 is 15.3 Å². The standard InChI is InChI=1S/C17H26F2N2O/c1-12(2)11-21-8-6-13(7-9-21)20-10-16(22)17-14(18)4-3-5-15(17)19/h3-5,12-13,16,20,22H,6-11H2,1-2H3. The van der Waals surface area contributed by atoms with Crippen LogP contribution in [0.2, 0.25) is 0 Å². The molecule has 0 saturated carbocycles. The monoisotopic (exact) mass is 312 g/mol. The fourth-order valence-electron chi connectivity index (χ4n) is 3.05. The summed E-state index contributed by atoms with van der Waals surface area (Å²) in [6.45, 7) is 7.76. The Morgan fingerprint density at radius 3 is 2.36 bits per heavy atom. The number of hydrogen-bond acceptors (Lipinski definition) is 3. The third-order valence-electron chi connectivity index (χ3n) is 4.14. The highest BCUT2D eigenvalue weighted by molar-refractivity contribution is 5.22. The zero-order valence-electron chi connectivity index (χ0n) is 13.4. The second kappa shape index (κ2) is 7.99. The molecule has 1 aliphatic heterocycles. The van der Waals surface area contributed by atoms with E-state index in [2.05, 4.69) is 24.1 Å². The maximum atomic E-state index is 13.6. The van der Waals surface area contributed by atoms with Gasteiger partial charge in [-0.15, -0.1) is 0 Å². The van der Waals surface area contributed by atoms with Crippen LogP contribution in [-0.4, -0.2) is 42.2 Å². The highest BCUT2D eigenvalue weighted by Crippen LogP contribution is 2.21. The van der Waals surface area contributed by atoms with Crippen molar-refractivity contribution < 1.29 is 13.9 Å². The molecule has 0 radical (unpaired) electrons. The molecular formula is C17H26F2N2O. The number of piperidine rings is 1. The summed E-state index contributed by atoms with van der Waals surface area (Å²) >= 11 is 0. The van der Waals surface area contributed by atoms with Crippen molar-refractivity contribution in [1.82, 2.24) is 10.2 Å². The third kappa shape index (κ3) is 4.73. The van der Waals surface area contributed by atoms with Gasteiger partial charge in [0.15, 0.2) is 0 Å². The van der Waals surface area contributed by atoms with Crippen LogP contribution in [-0.2, 0) is 0 Å². The Bertz CT molecular complexity index is 453. The van der Waals surface area contributed by atoms with Crippen LogP contribution in [0.1, 0.15) is 38.4 Å². The van der Waals surface area contributed by atoms with Crippen LogP contribution in [0.15, 0.2) is 18.2 Å². The van der Waals surface area contributed by atoms with Gasteiger partial charge in [0.05, 0.1) is 11.7 Å². The maximum absolute atomic E-state index is 13.6. The number of benzene rings is 1. The molecule has 1 saturated heterocycles. The molecule has 0 aliphatic carbocycles. The topological polar surface area (TPSA) is 35.5 Å². The molecule has 0 bridgehead atoms. The van der Waals surface area contributed by atoms with Gasteiger partial charge in [0, 0.05) is 19.1 Å². The van der Waals surface area contributed by atoms with Gasteiger partial charge in [-0.05, 0) is 44.0 Å². The van der Waals surface area contributed by atoms with E-state index in [1.807, 2.05) is 0 Å². The van der Waals surface area contributed by atoms with Gasteiger partial charge in [-0.25, -0.2) is 8.78 Å². The zero-order valence-corrected chi connectivity index (χ0v) is 13.4. The van der Waals surface area contributed by atoms with E-state index in [9.17, 15) is 13.9 Å². The highest BCUT2D eigenvalue weighted by Gasteiger charge is 2.22. The number of nitrogens with zero attached hydrogens (tertiary/aromatic N) is 1. The molecule has 5 heteroatoms. The summed E-state index contributed by atoms with van der Waals surface area (Å²) in [5.41, 5.74) is -0.243. The van der Waals surface area contributed by atoms with E-state index in [-0.39, 0.29) is 12.1 Å². The molecule has 1 atom stereocenters. The van der Waals surface area contributed by atoms with Gasteiger partial charge in [-0.1, -0.05) is 19.9 Å². The Morgan fingerprint density at radius 1 is 1.23 bits per heavy atom. The van der Waals surface area contributed by atoms with Gasteiger partial charge >= 0.3 is 0 Å². The van der Waals surface area contributed by atoms with Crippen molar-refractivity contribution in [2.45, 2.75) is 38.8 Å². The number of nitrogens with one attached hydrogen (secondary N) is 1. The van der Waals surface area contributed by atoms with Crippen LogP contribution in [0.25, 0.3) is 0 Å². The van der Waals surface area contributed by atoms with Crippen LogP contribution in [0.5, 0.6) is 0 Å². The lowest BCUT2D eigenvalue weighted by atomic mass is 10.0. The molecule has 0 amide bonds. The maximum Gasteiger partial charge on any atom is 0.131 e. The van der Waals surface area contributed by atoms with Crippen LogP contribution in [0.3, 0.4) is 0 Å². The lowest BCUT2D eigenvalue weighted by Gasteiger charge is -2.33. The predicted octanol–water partition coefficient (Wildman–Crippen LogP) is 2.71. The van der Waals surface area contributed by atoms with E-state index >= 15 is 0 Å². The van der Waals surface area contributed by atoms with Crippen molar-refractivity contribution in [3.63, 3.8) is 0 Å². The number of aliphatic hydroxyl groups is 1. The van der Waals surface area contributed by atoms with Crippen molar-refractivity contribution in [2.75, 3.05) is 26.2 Å². The van der Waals surface area contributed by atoms with E-state index in [4.69, 9.17) is 0 Å². The van der Waals surface area contributed by atoms with E-state index in [1.165, 1.54) is 18.2 Å². The summed E-state index contributed by atoms with van der Waals surface area (Å²) in [4.78, 5) is 2.44. The SMILES string of the molecule is CC(C)CN1CCC(NCC(O)c2c(F)cccc2F)CC1. The Balaban J connectivity index is 1.79. The van der Waals surface area contributed by atoms with Crippen molar-refractivity contribution in [1.29, 1.82) is 0 Å². The first-order chi connectivity index (χ1) is 10.5. The molecule has 1 aromatic rings. The normalized spacial score (nSPS) is 18.8.